The number of amides is 2. The molecule has 0 fully saturated rings. The Bertz CT molecular complexity index is 956. The fraction of sp³-hybridized carbons (Fsp3) is 0.167. The molecule has 0 spiro atoms. The summed E-state index contributed by atoms with van der Waals surface area (Å²) < 4.78 is 9.86. The van der Waals surface area contributed by atoms with Gasteiger partial charge in [0.25, 0.3) is 11.6 Å². The molecule has 1 aliphatic heterocycles. The molecule has 28 heavy (non-hydrogen) atoms. The summed E-state index contributed by atoms with van der Waals surface area (Å²) in [6, 6.07) is 9.84. The number of esters is 1. The van der Waals surface area contributed by atoms with Crippen LogP contribution in [0.5, 0.6) is 5.75 Å². The summed E-state index contributed by atoms with van der Waals surface area (Å²) in [7, 11) is 1.26. The highest BCUT2D eigenvalue weighted by molar-refractivity contribution is 6.05. The number of nitro benzene ring substituents is 1. The molecule has 0 aromatic heterocycles. The number of carbonyl (C=O) groups is 3. The highest BCUT2D eigenvalue weighted by Gasteiger charge is 2.29. The Hall–Kier alpha value is -3.95. The second-order valence-electron chi connectivity index (χ2n) is 5.79. The fourth-order valence-corrected chi connectivity index (χ4v) is 2.63. The number of anilines is 2. The molecule has 2 aromatic rings. The summed E-state index contributed by atoms with van der Waals surface area (Å²) in [5.74, 6) is -1.24. The number of benzene rings is 2. The van der Waals surface area contributed by atoms with Crippen molar-refractivity contribution in [2.45, 2.75) is 0 Å². The van der Waals surface area contributed by atoms with E-state index >= 15 is 0 Å². The van der Waals surface area contributed by atoms with Crippen molar-refractivity contribution in [3.05, 3.63) is 58.1 Å². The van der Waals surface area contributed by atoms with Gasteiger partial charge in [-0.1, -0.05) is 0 Å². The summed E-state index contributed by atoms with van der Waals surface area (Å²) in [4.78, 5) is 47.5. The lowest BCUT2D eigenvalue weighted by atomic mass is 10.2. The van der Waals surface area contributed by atoms with Gasteiger partial charge in [0.15, 0.2) is 6.61 Å². The van der Waals surface area contributed by atoms with Crippen molar-refractivity contribution in [1.82, 2.24) is 0 Å². The monoisotopic (exact) mass is 385 g/mol. The van der Waals surface area contributed by atoms with Crippen LogP contribution in [0.25, 0.3) is 0 Å². The van der Waals surface area contributed by atoms with Gasteiger partial charge in [-0.3, -0.25) is 24.6 Å². The largest absolute Gasteiger partial charge is 0.482 e. The van der Waals surface area contributed by atoms with Crippen molar-refractivity contribution < 1.29 is 28.8 Å². The molecule has 10 nitrogen and oxygen atoms in total. The number of methoxy groups -OCH3 is 1. The van der Waals surface area contributed by atoms with E-state index in [0.717, 1.165) is 4.90 Å². The van der Waals surface area contributed by atoms with Gasteiger partial charge in [-0.05, 0) is 30.3 Å². The molecular weight excluding hydrogens is 370 g/mol. The predicted octanol–water partition coefficient (Wildman–Crippen LogP) is 1.75. The Kier molecular flexibility index (Phi) is 5.21. The summed E-state index contributed by atoms with van der Waals surface area (Å²) in [5, 5.41) is 13.6. The van der Waals surface area contributed by atoms with Gasteiger partial charge in [-0.15, -0.1) is 0 Å². The number of carbonyl (C=O) groups excluding carboxylic acids is 3. The predicted molar refractivity (Wildman–Crippen MR) is 97.4 cm³/mol. The summed E-state index contributed by atoms with van der Waals surface area (Å²) in [6.45, 7) is -0.624. The second-order valence-corrected chi connectivity index (χ2v) is 5.79. The molecular formula is C18H15N3O7. The van der Waals surface area contributed by atoms with Crippen molar-refractivity contribution >= 4 is 34.8 Å². The molecule has 144 valence electrons. The van der Waals surface area contributed by atoms with Crippen molar-refractivity contribution in [3.8, 4) is 5.75 Å². The standard InChI is InChI=1S/C18H15N3O7/c1-27-18(24)11-2-4-12(5-3-11)19-16(22)9-20-14-8-13(21(25)26)6-7-15(14)28-10-17(20)23/h2-8H,9-10H2,1H3,(H,19,22). The SMILES string of the molecule is COC(=O)c1ccc(NC(=O)CN2C(=O)COc3ccc([N+](=O)[O-])cc32)cc1. The van der Waals surface area contributed by atoms with Crippen LogP contribution in [0.3, 0.4) is 0 Å². The van der Waals surface area contributed by atoms with Gasteiger partial charge >= 0.3 is 5.97 Å². The third-order valence-corrected chi connectivity index (χ3v) is 3.99. The number of hydrogen-bond acceptors (Lipinski definition) is 7. The lowest BCUT2D eigenvalue weighted by molar-refractivity contribution is -0.384. The summed E-state index contributed by atoms with van der Waals surface area (Å²) in [5.41, 5.74) is 0.671. The van der Waals surface area contributed by atoms with Crippen molar-refractivity contribution in [2.75, 3.05) is 30.5 Å². The van der Waals surface area contributed by atoms with E-state index in [4.69, 9.17) is 4.74 Å². The molecule has 3 rings (SSSR count). The molecule has 10 heteroatoms. The van der Waals surface area contributed by atoms with Crippen molar-refractivity contribution in [2.24, 2.45) is 0 Å². The molecule has 1 heterocycles. The molecule has 0 atom stereocenters. The Labute approximate surface area is 158 Å². The zero-order valence-corrected chi connectivity index (χ0v) is 14.7. The van der Waals surface area contributed by atoms with E-state index < -0.39 is 22.7 Å². The minimum absolute atomic E-state index is 0.154. The van der Waals surface area contributed by atoms with E-state index in [1.54, 1.807) is 0 Å². The van der Waals surface area contributed by atoms with Gasteiger partial charge in [-0.25, -0.2) is 4.79 Å². The molecule has 0 unspecified atom stereocenters. The van der Waals surface area contributed by atoms with E-state index in [-0.39, 0.29) is 30.3 Å². The zero-order valence-electron chi connectivity index (χ0n) is 14.7. The summed E-state index contributed by atoms with van der Waals surface area (Å²) in [6.07, 6.45) is 0. The minimum atomic E-state index is -0.597. The zero-order chi connectivity index (χ0) is 20.3. The maximum atomic E-state index is 12.4. The smallest absolute Gasteiger partial charge is 0.337 e. The quantitative estimate of drug-likeness (QED) is 0.472. The first-order chi connectivity index (χ1) is 13.4. The second kappa shape index (κ2) is 7.74. The fourth-order valence-electron chi connectivity index (χ4n) is 2.63. The maximum Gasteiger partial charge on any atom is 0.337 e. The maximum absolute atomic E-state index is 12.4. The van der Waals surface area contributed by atoms with E-state index in [9.17, 15) is 24.5 Å². The molecule has 0 aliphatic carbocycles. The third-order valence-electron chi connectivity index (χ3n) is 3.99. The molecule has 0 saturated carbocycles. The van der Waals surface area contributed by atoms with Crippen LogP contribution in [0.15, 0.2) is 42.5 Å². The Morgan fingerprint density at radius 2 is 1.96 bits per heavy atom. The number of nitrogens with zero attached hydrogens (tertiary/aromatic N) is 2. The van der Waals surface area contributed by atoms with E-state index in [1.807, 2.05) is 0 Å². The number of nitrogens with one attached hydrogen (secondary N) is 1. The van der Waals surface area contributed by atoms with Gasteiger partial charge in [0.1, 0.15) is 12.3 Å². The number of nitro groups is 1. The number of ether oxygens (including phenoxy) is 2. The number of rotatable bonds is 5. The van der Waals surface area contributed by atoms with Crippen molar-refractivity contribution in [1.29, 1.82) is 0 Å². The van der Waals surface area contributed by atoms with Gasteiger partial charge in [0.05, 0.1) is 23.3 Å². The first kappa shape index (κ1) is 18.8. The van der Waals surface area contributed by atoms with E-state index in [2.05, 4.69) is 10.1 Å². The Balaban J connectivity index is 1.75. The normalized spacial score (nSPS) is 12.6. The first-order valence-electron chi connectivity index (χ1n) is 8.09. The molecule has 1 N–H and O–H groups in total. The number of non-ortho nitro benzene ring substituents is 1. The minimum Gasteiger partial charge on any atom is -0.482 e. The van der Waals surface area contributed by atoms with Crippen LogP contribution in [-0.4, -0.2) is 43.0 Å². The lowest BCUT2D eigenvalue weighted by Gasteiger charge is -2.28. The highest BCUT2D eigenvalue weighted by Crippen LogP contribution is 2.35. The molecule has 0 saturated heterocycles. The first-order valence-corrected chi connectivity index (χ1v) is 8.09. The van der Waals surface area contributed by atoms with Crippen LogP contribution in [0.1, 0.15) is 10.4 Å². The third kappa shape index (κ3) is 3.90. The van der Waals surface area contributed by atoms with Crippen molar-refractivity contribution in [3.63, 3.8) is 0 Å². The number of fused-ring (bicyclic) bond motifs is 1. The average Bonchev–Trinajstić information content (AvgIpc) is 2.69. The van der Waals surface area contributed by atoms with Crippen LogP contribution in [0, 0.1) is 10.1 Å². The average molecular weight is 385 g/mol. The Morgan fingerprint density at radius 1 is 1.25 bits per heavy atom. The number of hydrogen-bond donors (Lipinski definition) is 1. The van der Waals surface area contributed by atoms with Crippen LogP contribution in [0.4, 0.5) is 17.1 Å². The van der Waals surface area contributed by atoms with Gasteiger partial charge in [-0.2, -0.15) is 0 Å². The highest BCUT2D eigenvalue weighted by atomic mass is 16.6. The molecule has 2 amide bonds. The molecule has 0 radical (unpaired) electrons. The van der Waals surface area contributed by atoms with Gasteiger partial charge in [0.2, 0.25) is 5.91 Å². The van der Waals surface area contributed by atoms with Crippen LogP contribution < -0.4 is 15.0 Å². The van der Waals surface area contributed by atoms with Crippen LogP contribution in [-0.2, 0) is 14.3 Å². The van der Waals surface area contributed by atoms with Crippen LogP contribution in [0.2, 0.25) is 0 Å². The van der Waals surface area contributed by atoms with Crippen LogP contribution >= 0.6 is 0 Å². The molecule has 2 aromatic carbocycles. The topological polar surface area (TPSA) is 128 Å². The van der Waals surface area contributed by atoms with Gasteiger partial charge < -0.3 is 14.8 Å². The van der Waals surface area contributed by atoms with Gasteiger partial charge in [0, 0.05) is 17.8 Å². The molecule has 0 bridgehead atoms. The molecule has 1 aliphatic rings. The summed E-state index contributed by atoms with van der Waals surface area (Å²) >= 11 is 0. The Morgan fingerprint density at radius 3 is 2.61 bits per heavy atom. The van der Waals surface area contributed by atoms with E-state index in [1.165, 1.54) is 49.6 Å². The van der Waals surface area contributed by atoms with E-state index in [0.29, 0.717) is 11.3 Å². The lowest BCUT2D eigenvalue weighted by Crippen LogP contribution is -2.43.